The van der Waals surface area contributed by atoms with E-state index >= 15 is 0 Å². The maximum absolute atomic E-state index is 11.9. The quantitative estimate of drug-likeness (QED) is 0.682. The van der Waals surface area contributed by atoms with E-state index in [2.05, 4.69) is 10.0 Å². The van der Waals surface area contributed by atoms with Crippen LogP contribution in [-0.4, -0.2) is 21.5 Å². The van der Waals surface area contributed by atoms with Crippen LogP contribution in [0.1, 0.15) is 37.8 Å². The fourth-order valence-electron chi connectivity index (χ4n) is 1.77. The second-order valence-corrected chi connectivity index (χ2v) is 6.41. The van der Waals surface area contributed by atoms with Gasteiger partial charge in [-0.05, 0) is 24.1 Å². The molecule has 0 saturated heterocycles. The molecule has 0 aromatic heterocycles. The highest BCUT2D eigenvalue weighted by Gasteiger charge is 2.10. The van der Waals surface area contributed by atoms with Crippen LogP contribution in [-0.2, 0) is 22.3 Å². The van der Waals surface area contributed by atoms with Gasteiger partial charge in [0.25, 0.3) is 0 Å². The first-order chi connectivity index (χ1) is 9.07. The van der Waals surface area contributed by atoms with Crippen LogP contribution in [0.5, 0.6) is 0 Å². The Bertz CT molecular complexity index is 472. The van der Waals surface area contributed by atoms with Crippen molar-refractivity contribution in [2.24, 2.45) is 0 Å². The summed E-state index contributed by atoms with van der Waals surface area (Å²) in [6.07, 6.45) is 1.86. The predicted octanol–water partition coefficient (Wildman–Crippen LogP) is 2.02. The van der Waals surface area contributed by atoms with Crippen molar-refractivity contribution in [1.82, 2.24) is 10.0 Å². The van der Waals surface area contributed by atoms with E-state index in [9.17, 15) is 8.42 Å². The third-order valence-electron chi connectivity index (χ3n) is 2.78. The Morgan fingerprint density at radius 2 is 1.89 bits per heavy atom. The lowest BCUT2D eigenvalue weighted by atomic mass is 10.1. The molecule has 0 aliphatic heterocycles. The van der Waals surface area contributed by atoms with Gasteiger partial charge in [-0.25, -0.2) is 13.1 Å². The van der Waals surface area contributed by atoms with Gasteiger partial charge in [-0.2, -0.15) is 0 Å². The normalized spacial score (nSPS) is 11.7. The summed E-state index contributed by atoms with van der Waals surface area (Å²) in [6, 6.07) is 7.71. The highest BCUT2D eigenvalue weighted by Crippen LogP contribution is 2.08. The molecular formula is C14H24N2O2S. The Kier molecular flexibility index (Phi) is 7.05. The largest absolute Gasteiger partial charge is 0.313 e. The van der Waals surface area contributed by atoms with Crippen molar-refractivity contribution >= 4 is 10.0 Å². The molecule has 0 spiro atoms. The summed E-state index contributed by atoms with van der Waals surface area (Å²) in [5.41, 5.74) is 1.95. The van der Waals surface area contributed by atoms with Crippen molar-refractivity contribution in [2.75, 3.05) is 13.1 Å². The second kappa shape index (κ2) is 8.30. The van der Waals surface area contributed by atoms with E-state index in [-0.39, 0.29) is 5.75 Å². The molecule has 1 rings (SSSR count). The van der Waals surface area contributed by atoms with Gasteiger partial charge in [0, 0.05) is 13.1 Å². The van der Waals surface area contributed by atoms with E-state index in [0.29, 0.717) is 6.54 Å². The Morgan fingerprint density at radius 1 is 1.16 bits per heavy atom. The smallest absolute Gasteiger partial charge is 0.215 e. The number of benzene rings is 1. The molecule has 1 aromatic carbocycles. The van der Waals surface area contributed by atoms with Crippen LogP contribution in [0.15, 0.2) is 24.3 Å². The summed E-state index contributed by atoms with van der Waals surface area (Å²) in [4.78, 5) is 0. The monoisotopic (exact) mass is 284 g/mol. The minimum atomic E-state index is -3.21. The summed E-state index contributed by atoms with van der Waals surface area (Å²) in [7, 11) is -3.21. The Balaban J connectivity index is 2.60. The number of rotatable bonds is 9. The average molecular weight is 284 g/mol. The van der Waals surface area contributed by atoms with Crippen LogP contribution >= 0.6 is 0 Å². The number of nitrogens with one attached hydrogen (secondary N) is 2. The molecule has 1 aromatic rings. The molecule has 0 amide bonds. The molecule has 4 nitrogen and oxygen atoms in total. The molecule has 0 saturated carbocycles. The van der Waals surface area contributed by atoms with Crippen LogP contribution in [0.25, 0.3) is 0 Å². The highest BCUT2D eigenvalue weighted by atomic mass is 32.2. The molecule has 0 radical (unpaired) electrons. The number of unbranched alkanes of at least 4 members (excludes halogenated alkanes) is 1. The van der Waals surface area contributed by atoms with E-state index in [0.717, 1.165) is 37.1 Å². The molecule has 2 N–H and O–H groups in total. The summed E-state index contributed by atoms with van der Waals surface area (Å²) >= 11 is 0. The lowest BCUT2D eigenvalue weighted by molar-refractivity contribution is 0.577. The first-order valence-electron chi connectivity index (χ1n) is 6.83. The van der Waals surface area contributed by atoms with Crippen LogP contribution < -0.4 is 10.0 Å². The summed E-state index contributed by atoms with van der Waals surface area (Å²) in [5.74, 6) is 0.0523. The van der Waals surface area contributed by atoms with Gasteiger partial charge in [0.2, 0.25) is 10.0 Å². The zero-order valence-corrected chi connectivity index (χ0v) is 12.6. The van der Waals surface area contributed by atoms with Gasteiger partial charge in [-0.15, -0.1) is 0 Å². The van der Waals surface area contributed by atoms with Crippen molar-refractivity contribution in [3.63, 3.8) is 0 Å². The standard InChI is InChI=1S/C14H24N2O2S/c1-3-5-9-16-19(17,18)12-14-8-6-7-13(10-14)11-15-4-2/h6-8,10,15-16H,3-5,9,11-12H2,1-2H3. The third kappa shape index (κ3) is 6.71. The van der Waals surface area contributed by atoms with Gasteiger partial charge < -0.3 is 5.32 Å². The van der Waals surface area contributed by atoms with Crippen LogP contribution in [0, 0.1) is 0 Å². The number of hydrogen-bond acceptors (Lipinski definition) is 3. The summed E-state index contributed by atoms with van der Waals surface area (Å²) < 4.78 is 26.4. The topological polar surface area (TPSA) is 58.2 Å². The minimum Gasteiger partial charge on any atom is -0.313 e. The Hall–Kier alpha value is -0.910. The van der Waals surface area contributed by atoms with E-state index in [1.54, 1.807) is 0 Å². The average Bonchev–Trinajstić information content (AvgIpc) is 2.36. The zero-order valence-electron chi connectivity index (χ0n) is 11.8. The van der Waals surface area contributed by atoms with Crippen LogP contribution in [0.4, 0.5) is 0 Å². The lowest BCUT2D eigenvalue weighted by Crippen LogP contribution is -2.26. The molecule has 0 aliphatic carbocycles. The van der Waals surface area contributed by atoms with Gasteiger partial charge in [-0.1, -0.05) is 44.5 Å². The van der Waals surface area contributed by atoms with E-state index in [4.69, 9.17) is 0 Å². The van der Waals surface area contributed by atoms with Crippen molar-refractivity contribution in [3.05, 3.63) is 35.4 Å². The third-order valence-corrected chi connectivity index (χ3v) is 4.14. The maximum Gasteiger partial charge on any atom is 0.215 e. The molecular weight excluding hydrogens is 260 g/mol. The van der Waals surface area contributed by atoms with Crippen molar-refractivity contribution in [2.45, 2.75) is 39.0 Å². The van der Waals surface area contributed by atoms with Crippen molar-refractivity contribution in [3.8, 4) is 0 Å². The molecule has 0 heterocycles. The number of sulfonamides is 1. The lowest BCUT2D eigenvalue weighted by Gasteiger charge is -2.08. The zero-order chi connectivity index (χ0) is 14.1. The van der Waals surface area contributed by atoms with Gasteiger partial charge in [0.15, 0.2) is 0 Å². The molecule has 0 bridgehead atoms. The molecule has 0 atom stereocenters. The van der Waals surface area contributed by atoms with Crippen molar-refractivity contribution in [1.29, 1.82) is 0 Å². The maximum atomic E-state index is 11.9. The van der Waals surface area contributed by atoms with E-state index in [1.165, 1.54) is 0 Å². The Morgan fingerprint density at radius 3 is 2.58 bits per heavy atom. The molecule has 0 aliphatic rings. The van der Waals surface area contributed by atoms with Crippen molar-refractivity contribution < 1.29 is 8.42 Å². The van der Waals surface area contributed by atoms with Gasteiger partial charge >= 0.3 is 0 Å². The first-order valence-corrected chi connectivity index (χ1v) is 8.48. The summed E-state index contributed by atoms with van der Waals surface area (Å²) in [5, 5.41) is 3.23. The van der Waals surface area contributed by atoms with E-state index in [1.807, 2.05) is 38.1 Å². The fraction of sp³-hybridized carbons (Fsp3) is 0.571. The van der Waals surface area contributed by atoms with Gasteiger partial charge in [0.1, 0.15) is 0 Å². The molecule has 19 heavy (non-hydrogen) atoms. The van der Waals surface area contributed by atoms with Gasteiger partial charge in [0.05, 0.1) is 5.75 Å². The highest BCUT2D eigenvalue weighted by molar-refractivity contribution is 7.88. The minimum absolute atomic E-state index is 0.0523. The Labute approximate surface area is 116 Å². The summed E-state index contributed by atoms with van der Waals surface area (Å²) in [6.45, 7) is 6.29. The molecule has 0 fully saturated rings. The van der Waals surface area contributed by atoms with E-state index < -0.39 is 10.0 Å². The SMILES string of the molecule is CCCCNS(=O)(=O)Cc1cccc(CNCC)c1. The number of hydrogen-bond donors (Lipinski definition) is 2. The second-order valence-electron chi connectivity index (χ2n) is 4.61. The molecule has 5 heteroatoms. The first kappa shape index (κ1) is 16.1. The molecule has 0 unspecified atom stereocenters. The van der Waals surface area contributed by atoms with Crippen LogP contribution in [0.3, 0.4) is 0 Å². The van der Waals surface area contributed by atoms with Crippen LogP contribution in [0.2, 0.25) is 0 Å². The fourth-order valence-corrected chi connectivity index (χ4v) is 2.95. The predicted molar refractivity (Wildman–Crippen MR) is 79.4 cm³/mol. The van der Waals surface area contributed by atoms with Gasteiger partial charge in [-0.3, -0.25) is 0 Å². The molecule has 108 valence electrons.